The summed E-state index contributed by atoms with van der Waals surface area (Å²) >= 11 is 6.00. The van der Waals surface area contributed by atoms with Crippen molar-refractivity contribution in [2.24, 2.45) is 10.7 Å². The number of piperazine rings is 1. The lowest BCUT2D eigenvalue weighted by Gasteiger charge is -2.38. The van der Waals surface area contributed by atoms with Crippen LogP contribution in [0.1, 0.15) is 36.8 Å². The van der Waals surface area contributed by atoms with E-state index in [1.54, 1.807) is 17.0 Å². The summed E-state index contributed by atoms with van der Waals surface area (Å²) in [5.41, 5.74) is 6.57. The number of nitrogens with two attached hydrogens (primary N) is 1. The van der Waals surface area contributed by atoms with Crippen molar-refractivity contribution in [1.29, 1.82) is 0 Å². The fourth-order valence-electron chi connectivity index (χ4n) is 5.93. The van der Waals surface area contributed by atoms with E-state index in [2.05, 4.69) is 21.4 Å². The number of hydrogen-bond donors (Lipinski definition) is 1. The second kappa shape index (κ2) is 12.9. The zero-order chi connectivity index (χ0) is 29.9. The second-order valence-electron chi connectivity index (χ2n) is 11.0. The smallest absolute Gasteiger partial charge is 0.398 e. The van der Waals surface area contributed by atoms with Gasteiger partial charge >= 0.3 is 6.18 Å². The van der Waals surface area contributed by atoms with Gasteiger partial charge in [0, 0.05) is 63.3 Å². The van der Waals surface area contributed by atoms with Crippen molar-refractivity contribution in [2.45, 2.75) is 37.9 Å². The number of amidine groups is 1. The van der Waals surface area contributed by atoms with Gasteiger partial charge in [0.05, 0.1) is 10.6 Å². The molecule has 0 spiro atoms. The van der Waals surface area contributed by atoms with Crippen molar-refractivity contribution in [3.05, 3.63) is 77.0 Å². The first kappa shape index (κ1) is 30.2. The molecule has 2 N–H and O–H groups in total. The first-order chi connectivity index (χ1) is 20.1. The molecule has 0 unspecified atom stereocenters. The standard InChI is InChI=1S/C30H36ClF4N7/c1-21(42-13-5-6-23(42)20-39-11-2-3-12-39)38-28(19-27(36)22-8-9-26(32)25(31)18-22)40-14-16-41(17-15-40)29-24(30(33,34)35)7-4-10-37-29/h4,7-10,18-19,23H,1-3,5-6,11-17,20,36H2/b27-19-,38-28?/t23-/m0/s1. The quantitative estimate of drug-likeness (QED) is 0.258. The molecule has 226 valence electrons. The Kier molecular flexibility index (Phi) is 9.27. The van der Waals surface area contributed by atoms with Gasteiger partial charge in [-0.15, -0.1) is 0 Å². The Bertz CT molecular complexity index is 1330. The summed E-state index contributed by atoms with van der Waals surface area (Å²) in [5, 5.41) is -0.0435. The molecule has 5 rings (SSSR count). The Labute approximate surface area is 248 Å². The molecule has 1 aromatic carbocycles. The highest BCUT2D eigenvalue weighted by Gasteiger charge is 2.36. The topological polar surface area (TPSA) is 64.2 Å². The molecule has 12 heteroatoms. The number of benzene rings is 1. The summed E-state index contributed by atoms with van der Waals surface area (Å²) in [4.78, 5) is 17.4. The summed E-state index contributed by atoms with van der Waals surface area (Å²) in [5.74, 6) is 0.545. The van der Waals surface area contributed by atoms with E-state index < -0.39 is 17.6 Å². The third kappa shape index (κ3) is 7.00. The molecule has 1 aromatic heterocycles. The third-order valence-corrected chi connectivity index (χ3v) is 8.44. The number of hydrogen-bond acceptors (Lipinski definition) is 6. The van der Waals surface area contributed by atoms with Crippen LogP contribution in [0.2, 0.25) is 5.02 Å². The van der Waals surface area contributed by atoms with Crippen LogP contribution < -0.4 is 10.6 Å². The number of nitrogens with zero attached hydrogens (tertiary/aromatic N) is 6. The predicted molar refractivity (Wildman–Crippen MR) is 159 cm³/mol. The molecular formula is C30H36ClF4N7. The zero-order valence-electron chi connectivity index (χ0n) is 23.5. The van der Waals surface area contributed by atoms with Crippen molar-refractivity contribution in [2.75, 3.05) is 57.3 Å². The lowest BCUT2D eigenvalue weighted by Crippen LogP contribution is -2.49. The van der Waals surface area contributed by atoms with Crippen molar-refractivity contribution < 1.29 is 17.6 Å². The van der Waals surface area contributed by atoms with Gasteiger partial charge in [0.1, 0.15) is 23.3 Å². The maximum Gasteiger partial charge on any atom is 0.419 e. The first-order valence-corrected chi connectivity index (χ1v) is 14.7. The number of anilines is 1. The Morgan fingerprint density at radius 2 is 1.81 bits per heavy atom. The van der Waals surface area contributed by atoms with E-state index in [1.807, 2.05) is 4.90 Å². The average Bonchev–Trinajstić information content (AvgIpc) is 3.66. The maximum atomic E-state index is 13.8. The number of rotatable bonds is 7. The highest BCUT2D eigenvalue weighted by Crippen LogP contribution is 2.35. The molecule has 0 radical (unpaired) electrons. The molecule has 0 bridgehead atoms. The molecule has 3 aliphatic heterocycles. The number of pyridine rings is 1. The van der Waals surface area contributed by atoms with Gasteiger partial charge in [0.15, 0.2) is 0 Å². The molecule has 4 heterocycles. The largest absolute Gasteiger partial charge is 0.419 e. The van der Waals surface area contributed by atoms with Crippen LogP contribution in [0.25, 0.3) is 5.70 Å². The number of aliphatic imine (C=N–C) groups is 1. The molecule has 2 aromatic rings. The molecule has 0 aliphatic carbocycles. The SMILES string of the molecule is C=C(N=C(/C=C(\N)c1ccc(F)c(Cl)c1)N1CCN(c2ncccc2C(F)(F)F)CC1)N1CCC[C@H]1CN1CCCC1. The molecule has 3 saturated heterocycles. The Balaban J connectivity index is 1.39. The maximum absolute atomic E-state index is 13.8. The van der Waals surface area contributed by atoms with Crippen LogP contribution in [0.4, 0.5) is 23.4 Å². The van der Waals surface area contributed by atoms with Crippen molar-refractivity contribution in [1.82, 2.24) is 19.7 Å². The van der Waals surface area contributed by atoms with Gasteiger partial charge in [-0.25, -0.2) is 14.4 Å². The minimum Gasteiger partial charge on any atom is -0.398 e. The van der Waals surface area contributed by atoms with Gasteiger partial charge in [-0.2, -0.15) is 13.2 Å². The molecule has 3 fully saturated rings. The normalized spacial score (nSPS) is 21.0. The molecular weight excluding hydrogens is 570 g/mol. The monoisotopic (exact) mass is 605 g/mol. The average molecular weight is 606 g/mol. The van der Waals surface area contributed by atoms with Crippen LogP contribution in [0.15, 0.2) is 60.0 Å². The number of halogens is 5. The lowest BCUT2D eigenvalue weighted by atomic mass is 10.1. The summed E-state index contributed by atoms with van der Waals surface area (Å²) in [6.45, 7) is 9.77. The highest BCUT2D eigenvalue weighted by molar-refractivity contribution is 6.30. The van der Waals surface area contributed by atoms with Crippen LogP contribution in [0, 0.1) is 5.82 Å². The van der Waals surface area contributed by atoms with Crippen LogP contribution in [-0.4, -0.2) is 83.9 Å². The Hall–Kier alpha value is -3.31. The van der Waals surface area contributed by atoms with Crippen LogP contribution in [0.3, 0.4) is 0 Å². The lowest BCUT2D eigenvalue weighted by molar-refractivity contribution is -0.137. The number of aromatic nitrogens is 1. The Morgan fingerprint density at radius 1 is 1.07 bits per heavy atom. The van der Waals surface area contributed by atoms with Crippen LogP contribution >= 0.6 is 11.6 Å². The van der Waals surface area contributed by atoms with E-state index in [4.69, 9.17) is 22.3 Å². The molecule has 3 aliphatic rings. The summed E-state index contributed by atoms with van der Waals surface area (Å²) in [7, 11) is 0. The number of alkyl halides is 3. The summed E-state index contributed by atoms with van der Waals surface area (Å²) in [6, 6.07) is 6.93. The van der Waals surface area contributed by atoms with Gasteiger partial charge in [-0.1, -0.05) is 18.2 Å². The van der Waals surface area contributed by atoms with Crippen molar-refractivity contribution in [3.8, 4) is 0 Å². The number of likely N-dealkylation sites (tertiary alicyclic amines) is 2. The predicted octanol–water partition coefficient (Wildman–Crippen LogP) is 5.44. The van der Waals surface area contributed by atoms with E-state index in [-0.39, 0.29) is 10.8 Å². The summed E-state index contributed by atoms with van der Waals surface area (Å²) < 4.78 is 54.7. The van der Waals surface area contributed by atoms with E-state index in [1.165, 1.54) is 37.2 Å². The molecule has 0 amide bonds. The minimum absolute atomic E-state index is 0.0435. The molecule has 0 saturated carbocycles. The van der Waals surface area contributed by atoms with Gasteiger partial charge in [-0.3, -0.25) is 0 Å². The third-order valence-electron chi connectivity index (χ3n) is 8.15. The molecule has 42 heavy (non-hydrogen) atoms. The zero-order valence-corrected chi connectivity index (χ0v) is 24.2. The fraction of sp³-hybridized carbons (Fsp3) is 0.467. The van der Waals surface area contributed by atoms with Crippen LogP contribution in [0.5, 0.6) is 0 Å². The molecule has 1 atom stereocenters. The van der Waals surface area contributed by atoms with E-state index >= 15 is 0 Å². The summed E-state index contributed by atoms with van der Waals surface area (Å²) in [6.07, 6.45) is 3.15. The van der Waals surface area contributed by atoms with Crippen molar-refractivity contribution in [3.63, 3.8) is 0 Å². The second-order valence-corrected chi connectivity index (χ2v) is 11.4. The van der Waals surface area contributed by atoms with Gasteiger partial charge in [-0.05, 0) is 74.7 Å². The minimum atomic E-state index is -4.50. The first-order valence-electron chi connectivity index (χ1n) is 14.3. The highest BCUT2D eigenvalue weighted by atomic mass is 35.5. The van der Waals surface area contributed by atoms with Gasteiger partial charge in [0.2, 0.25) is 0 Å². The van der Waals surface area contributed by atoms with E-state index in [0.29, 0.717) is 55.1 Å². The van der Waals surface area contributed by atoms with E-state index in [9.17, 15) is 17.6 Å². The van der Waals surface area contributed by atoms with Gasteiger partial charge < -0.3 is 25.3 Å². The Morgan fingerprint density at radius 3 is 2.50 bits per heavy atom. The van der Waals surface area contributed by atoms with E-state index in [0.717, 1.165) is 45.1 Å². The molecule has 7 nitrogen and oxygen atoms in total. The van der Waals surface area contributed by atoms with Crippen LogP contribution in [-0.2, 0) is 6.18 Å². The van der Waals surface area contributed by atoms with Gasteiger partial charge in [0.25, 0.3) is 0 Å². The van der Waals surface area contributed by atoms with Crippen molar-refractivity contribution >= 4 is 29.0 Å². The fourth-order valence-corrected chi connectivity index (χ4v) is 6.12.